The molecular weight excluding hydrogens is 178 g/mol. The van der Waals surface area contributed by atoms with Crippen molar-refractivity contribution in [2.75, 3.05) is 7.11 Å². The van der Waals surface area contributed by atoms with Crippen LogP contribution in [0.25, 0.3) is 0 Å². The molecule has 0 aromatic carbocycles. The van der Waals surface area contributed by atoms with Crippen molar-refractivity contribution in [3.8, 4) is 0 Å². The van der Waals surface area contributed by atoms with Gasteiger partial charge in [0.15, 0.2) is 0 Å². The van der Waals surface area contributed by atoms with Crippen LogP contribution in [0.2, 0.25) is 0 Å². The molecule has 1 heterocycles. The highest BCUT2D eigenvalue weighted by atomic mass is 16.5. The van der Waals surface area contributed by atoms with Crippen molar-refractivity contribution < 1.29 is 9.53 Å². The number of hydrogen-bond acceptors (Lipinski definition) is 5. The highest BCUT2D eigenvalue weighted by Gasteiger charge is 2.04. The number of esters is 1. The minimum Gasteiger partial charge on any atom is -0.468 e. The molecule has 1 aromatic heterocycles. The summed E-state index contributed by atoms with van der Waals surface area (Å²) in [5.74, 6) is -0.610. The zero-order valence-corrected chi connectivity index (χ0v) is 6.81. The number of aromatic amines is 1. The van der Waals surface area contributed by atoms with Gasteiger partial charge in [0.05, 0.1) is 7.11 Å². The molecule has 70 valence electrons. The monoisotopic (exact) mass is 185 g/mol. The lowest BCUT2D eigenvalue weighted by atomic mass is 10.6. The van der Waals surface area contributed by atoms with Gasteiger partial charge < -0.3 is 4.74 Å². The summed E-state index contributed by atoms with van der Waals surface area (Å²) in [5.41, 5.74) is -1.34. The highest BCUT2D eigenvalue weighted by Crippen LogP contribution is 1.76. The lowest BCUT2D eigenvalue weighted by molar-refractivity contribution is -0.141. The molecule has 7 nitrogen and oxygen atoms in total. The summed E-state index contributed by atoms with van der Waals surface area (Å²) >= 11 is 0. The quantitative estimate of drug-likeness (QED) is 0.543. The Hall–Kier alpha value is -1.92. The molecular formula is C6H7N3O4. The summed E-state index contributed by atoms with van der Waals surface area (Å²) in [6, 6.07) is 0. The molecule has 0 bridgehead atoms. The van der Waals surface area contributed by atoms with Gasteiger partial charge in [0.1, 0.15) is 12.7 Å². The second kappa shape index (κ2) is 3.65. The Balaban J connectivity index is 2.97. The molecule has 1 aromatic rings. The molecule has 0 saturated carbocycles. The second-order valence-electron chi connectivity index (χ2n) is 2.17. The van der Waals surface area contributed by atoms with E-state index in [2.05, 4.69) is 9.84 Å². The van der Waals surface area contributed by atoms with Gasteiger partial charge in [-0.25, -0.2) is 9.48 Å². The van der Waals surface area contributed by atoms with Gasteiger partial charge in [0, 0.05) is 0 Å². The summed E-state index contributed by atoms with van der Waals surface area (Å²) < 4.78 is 5.11. The Kier molecular flexibility index (Phi) is 2.58. The maximum Gasteiger partial charge on any atom is 0.345 e. The minimum atomic E-state index is -0.738. The van der Waals surface area contributed by atoms with Crippen LogP contribution in [-0.2, 0) is 16.1 Å². The van der Waals surface area contributed by atoms with Gasteiger partial charge in [0.2, 0.25) is 0 Å². The third-order valence-corrected chi connectivity index (χ3v) is 1.29. The van der Waals surface area contributed by atoms with Gasteiger partial charge in [-0.3, -0.25) is 14.6 Å². The Morgan fingerprint density at radius 3 is 2.92 bits per heavy atom. The van der Waals surface area contributed by atoms with E-state index in [0.29, 0.717) is 0 Å². The van der Waals surface area contributed by atoms with Crippen molar-refractivity contribution in [3.63, 3.8) is 0 Å². The topological polar surface area (TPSA) is 94.1 Å². The molecule has 1 N–H and O–H groups in total. The lowest BCUT2D eigenvalue weighted by Crippen LogP contribution is -2.33. The van der Waals surface area contributed by atoms with E-state index in [0.717, 1.165) is 10.9 Å². The van der Waals surface area contributed by atoms with E-state index in [4.69, 9.17) is 0 Å². The van der Waals surface area contributed by atoms with E-state index < -0.39 is 17.2 Å². The van der Waals surface area contributed by atoms with Crippen molar-refractivity contribution in [2.24, 2.45) is 0 Å². The van der Waals surface area contributed by atoms with Crippen molar-refractivity contribution in [1.82, 2.24) is 14.8 Å². The van der Waals surface area contributed by atoms with Gasteiger partial charge in [-0.1, -0.05) is 0 Å². The molecule has 0 unspecified atom stereocenters. The van der Waals surface area contributed by atoms with Crippen molar-refractivity contribution in [2.45, 2.75) is 6.54 Å². The second-order valence-corrected chi connectivity index (χ2v) is 2.17. The van der Waals surface area contributed by atoms with E-state index in [-0.39, 0.29) is 6.54 Å². The van der Waals surface area contributed by atoms with Crippen LogP contribution in [0.15, 0.2) is 15.8 Å². The number of nitrogens with one attached hydrogen (secondary N) is 1. The van der Waals surface area contributed by atoms with Gasteiger partial charge >= 0.3 is 11.7 Å². The molecule has 0 radical (unpaired) electrons. The zero-order chi connectivity index (χ0) is 9.84. The summed E-state index contributed by atoms with van der Waals surface area (Å²) in [7, 11) is 1.19. The molecule has 13 heavy (non-hydrogen) atoms. The first kappa shape index (κ1) is 9.17. The van der Waals surface area contributed by atoms with Crippen LogP contribution in [0.1, 0.15) is 0 Å². The molecule has 0 amide bonds. The van der Waals surface area contributed by atoms with E-state index in [1.54, 1.807) is 0 Å². The molecule has 0 aliphatic heterocycles. The van der Waals surface area contributed by atoms with Gasteiger partial charge in [-0.05, 0) is 0 Å². The van der Waals surface area contributed by atoms with Crippen LogP contribution in [0, 0.1) is 0 Å². The number of carbonyl (C=O) groups excluding carboxylic acids is 1. The van der Waals surface area contributed by atoms with Crippen molar-refractivity contribution >= 4 is 5.97 Å². The number of hydrogen-bond donors (Lipinski definition) is 1. The van der Waals surface area contributed by atoms with Crippen LogP contribution in [0.4, 0.5) is 0 Å². The van der Waals surface area contributed by atoms with E-state index in [9.17, 15) is 14.4 Å². The SMILES string of the molecule is COC(=O)Cn1ncc(=O)[nH]c1=O. The highest BCUT2D eigenvalue weighted by molar-refractivity contribution is 5.68. The molecule has 0 aliphatic rings. The maximum atomic E-state index is 10.9. The van der Waals surface area contributed by atoms with Crippen LogP contribution < -0.4 is 11.2 Å². The fourth-order valence-electron chi connectivity index (χ4n) is 0.676. The molecule has 0 fully saturated rings. The summed E-state index contributed by atoms with van der Waals surface area (Å²) in [4.78, 5) is 34.1. The Morgan fingerprint density at radius 2 is 2.38 bits per heavy atom. The first-order chi connectivity index (χ1) is 6.13. The molecule has 0 spiro atoms. The average molecular weight is 185 g/mol. The van der Waals surface area contributed by atoms with Crippen LogP contribution in [0.3, 0.4) is 0 Å². The lowest BCUT2D eigenvalue weighted by Gasteiger charge is -1.99. The van der Waals surface area contributed by atoms with E-state index in [1.807, 2.05) is 4.98 Å². The normalized spacial score (nSPS) is 9.62. The van der Waals surface area contributed by atoms with E-state index >= 15 is 0 Å². The number of rotatable bonds is 2. The fraction of sp³-hybridized carbons (Fsp3) is 0.333. The third-order valence-electron chi connectivity index (χ3n) is 1.29. The average Bonchev–Trinajstić information content (AvgIpc) is 2.09. The van der Waals surface area contributed by atoms with Crippen LogP contribution in [0.5, 0.6) is 0 Å². The fourth-order valence-corrected chi connectivity index (χ4v) is 0.676. The number of aromatic nitrogens is 3. The number of methoxy groups -OCH3 is 1. The smallest absolute Gasteiger partial charge is 0.345 e. The summed E-state index contributed by atoms with van der Waals surface area (Å²) in [5, 5.41) is 3.43. The first-order valence-corrected chi connectivity index (χ1v) is 3.37. The van der Waals surface area contributed by atoms with Gasteiger partial charge in [0.25, 0.3) is 5.56 Å². The molecule has 0 saturated heterocycles. The largest absolute Gasteiger partial charge is 0.468 e. The van der Waals surface area contributed by atoms with Gasteiger partial charge in [-0.15, -0.1) is 0 Å². The third kappa shape index (κ3) is 2.26. The predicted octanol–water partition coefficient (Wildman–Crippen LogP) is -1.90. The Morgan fingerprint density at radius 1 is 1.69 bits per heavy atom. The zero-order valence-electron chi connectivity index (χ0n) is 6.81. The number of nitrogens with zero attached hydrogens (tertiary/aromatic N) is 2. The van der Waals surface area contributed by atoms with Crippen LogP contribution in [-0.4, -0.2) is 27.8 Å². The van der Waals surface area contributed by atoms with Crippen molar-refractivity contribution in [3.05, 3.63) is 27.0 Å². The molecule has 0 aliphatic carbocycles. The maximum absolute atomic E-state index is 10.9. The molecule has 0 atom stereocenters. The molecule has 1 rings (SSSR count). The molecule has 7 heteroatoms. The predicted molar refractivity (Wildman–Crippen MR) is 41.1 cm³/mol. The van der Waals surface area contributed by atoms with E-state index in [1.165, 1.54) is 7.11 Å². The number of carbonyl (C=O) groups is 1. The summed E-state index contributed by atoms with van der Waals surface area (Å²) in [6.45, 7) is -0.313. The van der Waals surface area contributed by atoms with Crippen molar-refractivity contribution in [1.29, 1.82) is 0 Å². The number of ether oxygens (including phenoxy) is 1. The van der Waals surface area contributed by atoms with Crippen LogP contribution >= 0.6 is 0 Å². The Bertz CT molecular complexity index is 418. The van der Waals surface area contributed by atoms with Gasteiger partial charge in [-0.2, -0.15) is 5.10 Å². The standard InChI is InChI=1S/C6H7N3O4/c1-13-5(11)3-9-6(12)8-4(10)2-7-9/h2H,3H2,1H3,(H,8,10,12). The minimum absolute atomic E-state index is 0.313. The first-order valence-electron chi connectivity index (χ1n) is 3.37. The number of H-pyrrole nitrogens is 1. The summed E-state index contributed by atoms with van der Waals surface area (Å²) in [6.07, 6.45) is 0.907. The Labute approximate surface area is 72.0 Å².